The first-order valence-electron chi connectivity index (χ1n) is 10.8. The van der Waals surface area contributed by atoms with Crippen molar-refractivity contribution in [2.24, 2.45) is 0 Å². The summed E-state index contributed by atoms with van der Waals surface area (Å²) in [7, 11) is 0. The van der Waals surface area contributed by atoms with Crippen LogP contribution in [-0.4, -0.2) is 41.2 Å². The monoisotopic (exact) mass is 475 g/mol. The molecule has 3 N–H and O–H groups in total. The highest BCUT2D eigenvalue weighted by molar-refractivity contribution is 6.05. The molecule has 0 radical (unpaired) electrons. The molecule has 0 aliphatic carbocycles. The van der Waals surface area contributed by atoms with Crippen molar-refractivity contribution in [2.75, 3.05) is 23.8 Å². The van der Waals surface area contributed by atoms with Crippen LogP contribution in [0.25, 0.3) is 5.57 Å². The van der Waals surface area contributed by atoms with E-state index >= 15 is 0 Å². The van der Waals surface area contributed by atoms with Crippen molar-refractivity contribution in [2.45, 2.75) is 38.6 Å². The third-order valence-corrected chi connectivity index (χ3v) is 5.56. The van der Waals surface area contributed by atoms with Gasteiger partial charge in [0, 0.05) is 36.1 Å². The summed E-state index contributed by atoms with van der Waals surface area (Å²) in [4.78, 5) is 26.4. The molecule has 0 saturated carbocycles. The number of anilines is 2. The number of carbonyl (C=O) groups is 2. The zero-order chi connectivity index (χ0) is 24.5. The van der Waals surface area contributed by atoms with Gasteiger partial charge in [0.2, 0.25) is 5.91 Å². The van der Waals surface area contributed by atoms with E-state index in [2.05, 4.69) is 10.6 Å². The second-order valence-corrected chi connectivity index (χ2v) is 8.35. The highest BCUT2D eigenvalue weighted by Crippen LogP contribution is 2.38. The van der Waals surface area contributed by atoms with Crippen molar-refractivity contribution < 1.29 is 32.6 Å². The van der Waals surface area contributed by atoms with Crippen molar-refractivity contribution in [3.8, 4) is 5.75 Å². The zero-order valence-corrected chi connectivity index (χ0v) is 18.4. The first-order chi connectivity index (χ1) is 16.1. The molecule has 7 nitrogen and oxygen atoms in total. The number of nitrogens with zero attached hydrogens (tertiary/aromatic N) is 1. The number of aliphatic hydroxyl groups excluding tert-OH is 1. The van der Waals surface area contributed by atoms with Gasteiger partial charge in [-0.1, -0.05) is 12.1 Å². The van der Waals surface area contributed by atoms with Crippen molar-refractivity contribution in [3.05, 3.63) is 59.2 Å². The van der Waals surface area contributed by atoms with Gasteiger partial charge >= 0.3 is 12.2 Å². The minimum Gasteiger partial charge on any atom is -0.493 e. The fourth-order valence-corrected chi connectivity index (χ4v) is 4.00. The standard InChI is InChI=1S/C24H24F3N3O4/c1-14(31)12-30-13-16-4-6-18(11-20(16)29-23(30)33)28-22(32)9-15-3-2-8-34-21-10-17(24(25,26)27)5-7-19(15)21/h4-7,9-11,14,31H,2-3,8,12-13H2,1H3,(H,28,32)(H,29,33)/b15-9+/t14-/m0/s1. The third kappa shape index (κ3) is 5.33. The minimum atomic E-state index is -4.48. The Bertz CT molecular complexity index is 1140. The Hall–Kier alpha value is -3.53. The average molecular weight is 475 g/mol. The number of amides is 3. The van der Waals surface area contributed by atoms with E-state index in [1.54, 1.807) is 25.1 Å². The van der Waals surface area contributed by atoms with Crippen LogP contribution in [-0.2, 0) is 17.5 Å². The van der Waals surface area contributed by atoms with Gasteiger partial charge in [0.15, 0.2) is 0 Å². The van der Waals surface area contributed by atoms with Crippen molar-refractivity contribution in [1.82, 2.24) is 4.90 Å². The number of hydrogen-bond acceptors (Lipinski definition) is 4. The molecule has 4 rings (SSSR count). The van der Waals surface area contributed by atoms with Crippen LogP contribution in [0, 0.1) is 0 Å². The maximum absolute atomic E-state index is 13.1. The van der Waals surface area contributed by atoms with E-state index < -0.39 is 23.8 Å². The lowest BCUT2D eigenvalue weighted by molar-refractivity contribution is -0.137. The lowest BCUT2D eigenvalue weighted by Gasteiger charge is -2.30. The van der Waals surface area contributed by atoms with E-state index in [1.807, 2.05) is 0 Å². The Kier molecular flexibility index (Phi) is 6.52. The number of benzene rings is 2. The molecule has 0 aromatic heterocycles. The molecule has 180 valence electrons. The Morgan fingerprint density at radius 2 is 2.09 bits per heavy atom. The molecule has 0 saturated heterocycles. The quantitative estimate of drug-likeness (QED) is 0.563. The van der Waals surface area contributed by atoms with Gasteiger partial charge in [-0.15, -0.1) is 0 Å². The molecule has 2 heterocycles. The maximum Gasteiger partial charge on any atom is 0.416 e. The van der Waals surface area contributed by atoms with E-state index in [0.29, 0.717) is 41.9 Å². The van der Waals surface area contributed by atoms with Gasteiger partial charge in [-0.3, -0.25) is 4.79 Å². The van der Waals surface area contributed by atoms with Crippen molar-refractivity contribution >= 4 is 28.9 Å². The molecular weight excluding hydrogens is 451 g/mol. The number of aliphatic hydroxyl groups is 1. The second kappa shape index (κ2) is 9.38. The number of β-amino-alcohol motifs (C(OH)–C–C–N with tert-alkyl or cyclic N) is 1. The summed E-state index contributed by atoms with van der Waals surface area (Å²) in [5.41, 5.74) is 2.09. The Morgan fingerprint density at radius 3 is 2.82 bits per heavy atom. The average Bonchev–Trinajstić information content (AvgIpc) is 2.95. The Balaban J connectivity index is 1.51. The third-order valence-electron chi connectivity index (χ3n) is 5.56. The van der Waals surface area contributed by atoms with E-state index in [0.717, 1.165) is 17.7 Å². The number of halogens is 3. The highest BCUT2D eigenvalue weighted by atomic mass is 19.4. The molecular formula is C24H24F3N3O4. The second-order valence-electron chi connectivity index (χ2n) is 8.35. The van der Waals surface area contributed by atoms with Crippen molar-refractivity contribution in [3.63, 3.8) is 0 Å². The van der Waals surface area contributed by atoms with Gasteiger partial charge in [0.05, 0.1) is 18.3 Å². The van der Waals surface area contributed by atoms with Crippen LogP contribution in [0.5, 0.6) is 5.75 Å². The molecule has 0 fully saturated rings. The van der Waals surface area contributed by atoms with E-state index in [1.165, 1.54) is 17.0 Å². The Labute approximate surface area is 194 Å². The molecule has 0 spiro atoms. The van der Waals surface area contributed by atoms with Gasteiger partial charge in [-0.05, 0) is 55.2 Å². The largest absolute Gasteiger partial charge is 0.493 e. The molecule has 2 aliphatic heterocycles. The number of alkyl halides is 3. The predicted molar refractivity (Wildman–Crippen MR) is 120 cm³/mol. The van der Waals surface area contributed by atoms with Gasteiger partial charge in [-0.25, -0.2) is 4.79 Å². The minimum absolute atomic E-state index is 0.101. The summed E-state index contributed by atoms with van der Waals surface area (Å²) in [6.07, 6.45) is -2.74. The fourth-order valence-electron chi connectivity index (χ4n) is 4.00. The number of nitrogens with one attached hydrogen (secondary N) is 2. The lowest BCUT2D eigenvalue weighted by atomic mass is 9.99. The number of ether oxygens (including phenoxy) is 1. The summed E-state index contributed by atoms with van der Waals surface area (Å²) in [5.74, 6) is -0.342. The number of allylic oxidation sites excluding steroid dienone is 1. The smallest absolute Gasteiger partial charge is 0.416 e. The van der Waals surface area contributed by atoms with Gasteiger partial charge in [0.25, 0.3) is 0 Å². The first-order valence-corrected chi connectivity index (χ1v) is 10.8. The van der Waals surface area contributed by atoms with Crippen LogP contribution >= 0.6 is 0 Å². The molecule has 2 aromatic carbocycles. The number of fused-ring (bicyclic) bond motifs is 2. The molecule has 2 aromatic rings. The van der Waals surface area contributed by atoms with Gasteiger partial charge in [-0.2, -0.15) is 13.2 Å². The van der Waals surface area contributed by atoms with Crippen LogP contribution in [0.4, 0.5) is 29.3 Å². The van der Waals surface area contributed by atoms with Crippen LogP contribution in [0.1, 0.15) is 36.5 Å². The van der Waals surface area contributed by atoms with Gasteiger partial charge in [0.1, 0.15) is 5.75 Å². The van der Waals surface area contributed by atoms with E-state index in [9.17, 15) is 27.9 Å². The maximum atomic E-state index is 13.1. The molecule has 1 atom stereocenters. The SMILES string of the molecule is C[C@H](O)CN1Cc2ccc(NC(=O)/C=C3\CCCOc4cc(C(F)(F)F)ccc43)cc2NC1=O. The van der Waals surface area contributed by atoms with Crippen molar-refractivity contribution in [1.29, 1.82) is 0 Å². The first kappa shape index (κ1) is 23.6. The topological polar surface area (TPSA) is 90.9 Å². The fraction of sp³-hybridized carbons (Fsp3) is 0.333. The van der Waals surface area contributed by atoms with Crippen LogP contribution in [0.2, 0.25) is 0 Å². The molecule has 2 aliphatic rings. The summed E-state index contributed by atoms with van der Waals surface area (Å²) in [6, 6.07) is 8.05. The van der Waals surface area contributed by atoms with Gasteiger partial charge < -0.3 is 25.4 Å². The molecule has 3 amide bonds. The highest BCUT2D eigenvalue weighted by Gasteiger charge is 2.32. The number of hydrogen-bond donors (Lipinski definition) is 3. The molecule has 10 heteroatoms. The predicted octanol–water partition coefficient (Wildman–Crippen LogP) is 4.63. The Morgan fingerprint density at radius 1 is 1.29 bits per heavy atom. The molecule has 34 heavy (non-hydrogen) atoms. The van der Waals surface area contributed by atoms with E-state index in [-0.39, 0.29) is 24.9 Å². The normalized spacial score (nSPS) is 17.7. The summed E-state index contributed by atoms with van der Waals surface area (Å²) in [5, 5.41) is 15.0. The zero-order valence-electron chi connectivity index (χ0n) is 18.4. The number of rotatable bonds is 4. The summed E-state index contributed by atoms with van der Waals surface area (Å²) >= 11 is 0. The summed E-state index contributed by atoms with van der Waals surface area (Å²) < 4.78 is 44.7. The van der Waals surface area contributed by atoms with Crippen LogP contribution in [0.3, 0.4) is 0 Å². The number of carbonyl (C=O) groups excluding carboxylic acids is 2. The van der Waals surface area contributed by atoms with E-state index in [4.69, 9.17) is 4.74 Å². The molecule has 0 unspecified atom stereocenters. The van der Waals surface area contributed by atoms with Crippen LogP contribution in [0.15, 0.2) is 42.5 Å². The number of urea groups is 1. The summed E-state index contributed by atoms with van der Waals surface area (Å²) in [6.45, 7) is 2.39. The molecule has 0 bridgehead atoms. The van der Waals surface area contributed by atoms with Crippen LogP contribution < -0.4 is 15.4 Å². The lowest BCUT2D eigenvalue weighted by Crippen LogP contribution is -2.42.